The lowest BCUT2D eigenvalue weighted by atomic mass is 10.2. The van der Waals surface area contributed by atoms with E-state index in [9.17, 15) is 0 Å². The van der Waals surface area contributed by atoms with Gasteiger partial charge >= 0.3 is 0 Å². The van der Waals surface area contributed by atoms with Crippen molar-refractivity contribution >= 4 is 15.9 Å². The number of hydrogen-bond donors (Lipinski definition) is 1. The number of halogens is 1. The Hall–Kier alpha value is -1.13. The van der Waals surface area contributed by atoms with Crippen LogP contribution in [0.1, 0.15) is 31.1 Å². The van der Waals surface area contributed by atoms with Crippen LogP contribution in [-0.2, 0) is 13.1 Å². The molecule has 96 valence electrons. The summed E-state index contributed by atoms with van der Waals surface area (Å²) in [6.45, 7) is 5.91. The first-order chi connectivity index (χ1) is 8.65. The Morgan fingerprint density at radius 3 is 2.78 bits per heavy atom. The van der Waals surface area contributed by atoms with Gasteiger partial charge in [0.25, 0.3) is 0 Å². The molecule has 0 aliphatic carbocycles. The Kier molecular flexibility index (Phi) is 4.55. The molecule has 1 N–H and O–H groups in total. The van der Waals surface area contributed by atoms with Crippen LogP contribution in [-0.4, -0.2) is 9.78 Å². The van der Waals surface area contributed by atoms with E-state index in [1.54, 1.807) is 0 Å². The largest absolute Gasteiger partial charge is 0.307 e. The molecule has 0 bridgehead atoms. The van der Waals surface area contributed by atoms with E-state index in [0.29, 0.717) is 6.04 Å². The Balaban J connectivity index is 1.84. The second-order valence-electron chi connectivity index (χ2n) is 4.61. The maximum Gasteiger partial charge on any atom is 0.0762 e. The number of aromatic nitrogens is 2. The molecule has 0 aliphatic rings. The highest BCUT2D eigenvalue weighted by atomic mass is 79.9. The van der Waals surface area contributed by atoms with Gasteiger partial charge in [0.15, 0.2) is 0 Å². The van der Waals surface area contributed by atoms with Gasteiger partial charge in [-0.15, -0.1) is 0 Å². The molecule has 0 aliphatic heterocycles. The Labute approximate surface area is 116 Å². The van der Waals surface area contributed by atoms with E-state index in [2.05, 4.69) is 64.5 Å². The van der Waals surface area contributed by atoms with Crippen molar-refractivity contribution in [3.8, 4) is 0 Å². The van der Waals surface area contributed by atoms with Crippen LogP contribution in [0.5, 0.6) is 0 Å². The summed E-state index contributed by atoms with van der Waals surface area (Å²) in [5.74, 6) is 0. The zero-order valence-corrected chi connectivity index (χ0v) is 12.3. The van der Waals surface area contributed by atoms with Crippen LogP contribution in [0.4, 0.5) is 0 Å². The molecule has 0 atom stereocenters. The van der Waals surface area contributed by atoms with Gasteiger partial charge in [-0.1, -0.05) is 28.1 Å². The predicted octanol–water partition coefficient (Wildman–Crippen LogP) is 3.52. The lowest BCUT2D eigenvalue weighted by Crippen LogP contribution is -2.13. The summed E-state index contributed by atoms with van der Waals surface area (Å²) in [5, 5.41) is 7.90. The number of nitrogens with zero attached hydrogens (tertiary/aromatic N) is 2. The minimum Gasteiger partial charge on any atom is -0.307 e. The second kappa shape index (κ2) is 6.16. The topological polar surface area (TPSA) is 29.9 Å². The third-order valence-corrected chi connectivity index (χ3v) is 3.21. The van der Waals surface area contributed by atoms with Gasteiger partial charge in [0, 0.05) is 29.8 Å². The van der Waals surface area contributed by atoms with Crippen molar-refractivity contribution in [3.05, 3.63) is 52.3 Å². The molecular weight excluding hydrogens is 290 g/mol. The number of rotatable bonds is 5. The zero-order chi connectivity index (χ0) is 13.0. The van der Waals surface area contributed by atoms with Crippen LogP contribution in [0.25, 0.3) is 0 Å². The minimum absolute atomic E-state index is 0.420. The predicted molar refractivity (Wildman–Crippen MR) is 77.3 cm³/mol. The summed E-state index contributed by atoms with van der Waals surface area (Å²) < 4.78 is 3.10. The van der Waals surface area contributed by atoms with Crippen molar-refractivity contribution in [2.75, 3.05) is 0 Å². The van der Waals surface area contributed by atoms with E-state index in [0.717, 1.165) is 23.3 Å². The number of nitrogens with one attached hydrogen (secondary N) is 1. The van der Waals surface area contributed by atoms with Crippen LogP contribution in [0.15, 0.2) is 41.0 Å². The maximum absolute atomic E-state index is 4.50. The fraction of sp³-hybridized carbons (Fsp3) is 0.357. The third kappa shape index (κ3) is 3.68. The van der Waals surface area contributed by atoms with Gasteiger partial charge in [0.1, 0.15) is 0 Å². The van der Waals surface area contributed by atoms with E-state index >= 15 is 0 Å². The van der Waals surface area contributed by atoms with Gasteiger partial charge in [0.05, 0.1) is 5.69 Å². The quantitative estimate of drug-likeness (QED) is 0.916. The maximum atomic E-state index is 4.50. The zero-order valence-electron chi connectivity index (χ0n) is 10.7. The second-order valence-corrected chi connectivity index (χ2v) is 5.53. The highest BCUT2D eigenvalue weighted by Crippen LogP contribution is 2.11. The fourth-order valence-corrected chi connectivity index (χ4v) is 2.19. The van der Waals surface area contributed by atoms with E-state index in [1.165, 1.54) is 5.56 Å². The lowest BCUT2D eigenvalue weighted by Gasteiger charge is -2.05. The summed E-state index contributed by atoms with van der Waals surface area (Å²) in [4.78, 5) is 0. The molecule has 2 rings (SSSR count). The van der Waals surface area contributed by atoms with Crippen molar-refractivity contribution in [1.29, 1.82) is 0 Å². The van der Waals surface area contributed by atoms with Gasteiger partial charge in [-0.25, -0.2) is 0 Å². The third-order valence-electron chi connectivity index (χ3n) is 2.72. The van der Waals surface area contributed by atoms with Crippen LogP contribution in [0, 0.1) is 0 Å². The standard InChI is InChI=1S/C14H18BrN3/c1-11(2)18-7-6-14(17-18)10-16-9-12-4-3-5-13(15)8-12/h3-8,11,16H,9-10H2,1-2H3. The average Bonchev–Trinajstić information content (AvgIpc) is 2.78. The minimum atomic E-state index is 0.420. The molecule has 0 saturated carbocycles. The summed E-state index contributed by atoms with van der Waals surface area (Å²) in [7, 11) is 0. The SMILES string of the molecule is CC(C)n1ccc(CNCc2cccc(Br)c2)n1. The van der Waals surface area contributed by atoms with Gasteiger partial charge in [0.2, 0.25) is 0 Å². The molecule has 4 heteroatoms. The first kappa shape index (κ1) is 13.3. The Bertz CT molecular complexity index is 505. The smallest absolute Gasteiger partial charge is 0.0762 e. The molecule has 0 amide bonds. The van der Waals surface area contributed by atoms with Crippen molar-refractivity contribution in [2.45, 2.75) is 33.0 Å². The molecule has 3 nitrogen and oxygen atoms in total. The molecule has 1 heterocycles. The first-order valence-corrected chi connectivity index (χ1v) is 6.93. The van der Waals surface area contributed by atoms with Crippen LogP contribution < -0.4 is 5.32 Å². The average molecular weight is 308 g/mol. The summed E-state index contributed by atoms with van der Waals surface area (Å²) in [5.41, 5.74) is 2.35. The van der Waals surface area contributed by atoms with Crippen molar-refractivity contribution in [1.82, 2.24) is 15.1 Å². The van der Waals surface area contributed by atoms with Gasteiger partial charge in [-0.05, 0) is 37.6 Å². The number of benzene rings is 1. The monoisotopic (exact) mass is 307 g/mol. The van der Waals surface area contributed by atoms with E-state index in [4.69, 9.17) is 0 Å². The molecule has 0 fully saturated rings. The van der Waals surface area contributed by atoms with Crippen molar-refractivity contribution in [2.24, 2.45) is 0 Å². The molecule has 2 aromatic rings. The summed E-state index contributed by atoms with van der Waals surface area (Å²) in [6, 6.07) is 10.8. The molecule has 0 radical (unpaired) electrons. The molecule has 18 heavy (non-hydrogen) atoms. The van der Waals surface area contributed by atoms with Gasteiger partial charge in [-0.3, -0.25) is 4.68 Å². The van der Waals surface area contributed by atoms with E-state index < -0.39 is 0 Å². The van der Waals surface area contributed by atoms with E-state index in [1.807, 2.05) is 16.9 Å². The highest BCUT2D eigenvalue weighted by molar-refractivity contribution is 9.10. The summed E-state index contributed by atoms with van der Waals surface area (Å²) in [6.07, 6.45) is 2.03. The molecule has 1 aromatic carbocycles. The van der Waals surface area contributed by atoms with Gasteiger partial charge < -0.3 is 5.32 Å². The van der Waals surface area contributed by atoms with Crippen molar-refractivity contribution in [3.63, 3.8) is 0 Å². The molecule has 0 spiro atoms. The molecule has 1 aromatic heterocycles. The van der Waals surface area contributed by atoms with Gasteiger partial charge in [-0.2, -0.15) is 5.10 Å². The fourth-order valence-electron chi connectivity index (χ4n) is 1.74. The summed E-state index contributed by atoms with van der Waals surface area (Å²) >= 11 is 3.47. The first-order valence-electron chi connectivity index (χ1n) is 6.14. The van der Waals surface area contributed by atoms with Crippen LogP contribution >= 0.6 is 15.9 Å². The molecule has 0 unspecified atom stereocenters. The van der Waals surface area contributed by atoms with Crippen molar-refractivity contribution < 1.29 is 0 Å². The van der Waals surface area contributed by atoms with E-state index in [-0.39, 0.29) is 0 Å². The highest BCUT2D eigenvalue weighted by Gasteiger charge is 2.01. The normalized spacial score (nSPS) is 11.1. The molecular formula is C14H18BrN3. The van der Waals surface area contributed by atoms with Crippen LogP contribution in [0.3, 0.4) is 0 Å². The number of hydrogen-bond acceptors (Lipinski definition) is 2. The Morgan fingerprint density at radius 1 is 1.28 bits per heavy atom. The molecule has 0 saturated heterocycles. The lowest BCUT2D eigenvalue weighted by molar-refractivity contribution is 0.521. The van der Waals surface area contributed by atoms with Crippen LogP contribution in [0.2, 0.25) is 0 Å². The Morgan fingerprint density at radius 2 is 2.11 bits per heavy atom.